The van der Waals surface area contributed by atoms with Crippen molar-refractivity contribution in [3.05, 3.63) is 56.2 Å². The lowest BCUT2D eigenvalue weighted by atomic mass is 10.0. The van der Waals surface area contributed by atoms with Crippen LogP contribution in [-0.2, 0) is 0 Å². The molecule has 0 saturated carbocycles. The van der Waals surface area contributed by atoms with Crippen molar-refractivity contribution in [2.75, 3.05) is 6.54 Å². The minimum Gasteiger partial charge on any atom is -0.305 e. The van der Waals surface area contributed by atoms with E-state index in [9.17, 15) is 8.78 Å². The number of nitrogens with one attached hydrogen (secondary N) is 1. The first-order valence-corrected chi connectivity index (χ1v) is 7.72. The van der Waals surface area contributed by atoms with Gasteiger partial charge in [-0.3, -0.25) is 0 Å². The second-order valence-corrected chi connectivity index (χ2v) is 6.08. The van der Waals surface area contributed by atoms with Gasteiger partial charge >= 0.3 is 0 Å². The molecule has 1 unspecified atom stereocenters. The van der Waals surface area contributed by atoms with Crippen LogP contribution in [0.15, 0.2) is 34.1 Å². The van der Waals surface area contributed by atoms with Crippen molar-refractivity contribution >= 4 is 27.3 Å². The first-order chi connectivity index (χ1) is 9.13. The van der Waals surface area contributed by atoms with E-state index >= 15 is 0 Å². The van der Waals surface area contributed by atoms with Crippen LogP contribution in [0, 0.1) is 11.6 Å². The first-order valence-electron chi connectivity index (χ1n) is 6.04. The van der Waals surface area contributed by atoms with Gasteiger partial charge in [0.2, 0.25) is 0 Å². The van der Waals surface area contributed by atoms with E-state index in [1.54, 1.807) is 0 Å². The summed E-state index contributed by atoms with van der Waals surface area (Å²) in [6, 6.07) is 5.93. The van der Waals surface area contributed by atoms with Crippen LogP contribution in [0.1, 0.15) is 29.8 Å². The zero-order chi connectivity index (χ0) is 13.8. The second-order valence-electron chi connectivity index (χ2n) is 4.19. The van der Waals surface area contributed by atoms with E-state index in [2.05, 4.69) is 21.2 Å². The lowest BCUT2D eigenvalue weighted by molar-refractivity contribution is 0.505. The van der Waals surface area contributed by atoms with Crippen LogP contribution in [-0.4, -0.2) is 6.54 Å². The minimum atomic E-state index is -0.533. The van der Waals surface area contributed by atoms with Crippen molar-refractivity contribution < 1.29 is 8.78 Å². The summed E-state index contributed by atoms with van der Waals surface area (Å²) in [6.45, 7) is 2.73. The fourth-order valence-electron chi connectivity index (χ4n) is 1.92. The Bertz CT molecular complexity index is 519. The summed E-state index contributed by atoms with van der Waals surface area (Å²) < 4.78 is 28.6. The van der Waals surface area contributed by atoms with Crippen molar-refractivity contribution in [2.45, 2.75) is 19.4 Å². The highest BCUT2D eigenvalue weighted by Crippen LogP contribution is 2.31. The predicted molar refractivity (Wildman–Crippen MR) is 78.5 cm³/mol. The van der Waals surface area contributed by atoms with Gasteiger partial charge in [0, 0.05) is 14.9 Å². The molecule has 19 heavy (non-hydrogen) atoms. The molecular formula is C14H14BrF2NS. The molecule has 1 N–H and O–H groups in total. The van der Waals surface area contributed by atoms with E-state index in [0.29, 0.717) is 11.0 Å². The predicted octanol–water partition coefficient (Wildman–Crippen LogP) is 4.88. The Morgan fingerprint density at radius 2 is 2.00 bits per heavy atom. The zero-order valence-electron chi connectivity index (χ0n) is 10.4. The number of rotatable bonds is 5. The third kappa shape index (κ3) is 3.41. The van der Waals surface area contributed by atoms with E-state index in [1.165, 1.54) is 23.5 Å². The van der Waals surface area contributed by atoms with Gasteiger partial charge in [0.15, 0.2) is 0 Å². The van der Waals surface area contributed by atoms with Crippen LogP contribution in [0.2, 0.25) is 0 Å². The Labute approximate surface area is 123 Å². The van der Waals surface area contributed by atoms with Crippen LogP contribution >= 0.6 is 27.3 Å². The highest BCUT2D eigenvalue weighted by Gasteiger charge is 2.22. The quantitative estimate of drug-likeness (QED) is 0.814. The molecule has 1 nitrogen and oxygen atoms in total. The summed E-state index contributed by atoms with van der Waals surface area (Å²) in [6.07, 6.45) is 0.904. The maximum Gasteiger partial charge on any atom is 0.132 e. The summed E-state index contributed by atoms with van der Waals surface area (Å²) in [4.78, 5) is 0.911. The second kappa shape index (κ2) is 6.59. The molecule has 0 saturated heterocycles. The van der Waals surface area contributed by atoms with E-state index in [1.807, 2.05) is 24.4 Å². The molecule has 0 fully saturated rings. The average molecular weight is 346 g/mol. The largest absolute Gasteiger partial charge is 0.305 e. The van der Waals surface area contributed by atoms with E-state index in [4.69, 9.17) is 0 Å². The standard InChI is InChI=1S/C14H14BrF2NS/c1-2-5-18-14(12-4-3-6-19-12)13-10(16)7-9(15)8-11(13)17/h3-4,6-8,14,18H,2,5H2,1H3. The molecule has 1 aromatic carbocycles. The highest BCUT2D eigenvalue weighted by atomic mass is 79.9. The van der Waals surface area contributed by atoms with E-state index < -0.39 is 17.7 Å². The molecule has 0 aliphatic rings. The molecule has 0 amide bonds. The third-order valence-corrected chi connectivity index (χ3v) is 4.15. The third-order valence-electron chi connectivity index (χ3n) is 2.76. The summed E-state index contributed by atoms with van der Waals surface area (Å²) in [7, 11) is 0. The molecule has 0 spiro atoms. The van der Waals surface area contributed by atoms with Crippen LogP contribution in [0.3, 0.4) is 0 Å². The molecule has 1 heterocycles. The van der Waals surface area contributed by atoms with Crippen molar-refractivity contribution in [3.63, 3.8) is 0 Å². The molecule has 1 aromatic heterocycles. The normalized spacial score (nSPS) is 12.6. The maximum absolute atomic E-state index is 14.1. The lowest BCUT2D eigenvalue weighted by Gasteiger charge is -2.19. The Morgan fingerprint density at radius 1 is 1.32 bits per heavy atom. The van der Waals surface area contributed by atoms with E-state index in [0.717, 1.165) is 11.3 Å². The Kier molecular flexibility index (Phi) is 5.07. The molecule has 0 aliphatic carbocycles. The van der Waals surface area contributed by atoms with Gasteiger partial charge < -0.3 is 5.32 Å². The number of thiophene rings is 1. The van der Waals surface area contributed by atoms with Gasteiger partial charge in [0.25, 0.3) is 0 Å². The highest BCUT2D eigenvalue weighted by molar-refractivity contribution is 9.10. The number of halogens is 3. The maximum atomic E-state index is 14.1. The van der Waals surface area contributed by atoms with E-state index in [-0.39, 0.29) is 5.56 Å². The molecule has 5 heteroatoms. The Morgan fingerprint density at radius 3 is 2.53 bits per heavy atom. The molecule has 2 rings (SSSR count). The number of hydrogen-bond donors (Lipinski definition) is 1. The average Bonchev–Trinajstić information content (AvgIpc) is 2.85. The lowest BCUT2D eigenvalue weighted by Crippen LogP contribution is -2.24. The zero-order valence-corrected chi connectivity index (χ0v) is 12.8. The summed E-state index contributed by atoms with van der Waals surface area (Å²) in [5.41, 5.74) is 0.0825. The fourth-order valence-corrected chi connectivity index (χ4v) is 3.13. The molecule has 102 valence electrons. The topological polar surface area (TPSA) is 12.0 Å². The number of hydrogen-bond acceptors (Lipinski definition) is 2. The fraction of sp³-hybridized carbons (Fsp3) is 0.286. The number of benzene rings is 1. The molecular weight excluding hydrogens is 332 g/mol. The summed E-state index contributed by atoms with van der Waals surface area (Å²) in [5.74, 6) is -1.07. The van der Waals surface area contributed by atoms with Crippen molar-refractivity contribution in [1.82, 2.24) is 5.32 Å². The minimum absolute atomic E-state index is 0.0825. The van der Waals surface area contributed by atoms with Crippen LogP contribution in [0.25, 0.3) is 0 Å². The van der Waals surface area contributed by atoms with Crippen molar-refractivity contribution in [2.24, 2.45) is 0 Å². The molecule has 2 aromatic rings. The Balaban J connectivity index is 2.44. The van der Waals surface area contributed by atoms with Gasteiger partial charge in [0.1, 0.15) is 11.6 Å². The van der Waals surface area contributed by atoms with Gasteiger partial charge in [-0.15, -0.1) is 11.3 Å². The van der Waals surface area contributed by atoms with Gasteiger partial charge in [-0.05, 0) is 36.5 Å². The van der Waals surface area contributed by atoms with Gasteiger partial charge in [-0.1, -0.05) is 28.9 Å². The van der Waals surface area contributed by atoms with Crippen molar-refractivity contribution in [3.8, 4) is 0 Å². The van der Waals surface area contributed by atoms with Crippen LogP contribution in [0.4, 0.5) is 8.78 Å². The molecule has 0 bridgehead atoms. The molecule has 0 radical (unpaired) electrons. The van der Waals surface area contributed by atoms with Crippen molar-refractivity contribution in [1.29, 1.82) is 0 Å². The SMILES string of the molecule is CCCNC(c1cccs1)c1c(F)cc(Br)cc1F. The first kappa shape index (κ1) is 14.6. The van der Waals surface area contributed by atoms with Gasteiger partial charge in [0.05, 0.1) is 6.04 Å². The van der Waals surface area contributed by atoms with Gasteiger partial charge in [-0.2, -0.15) is 0 Å². The smallest absolute Gasteiger partial charge is 0.132 e. The monoisotopic (exact) mass is 345 g/mol. The molecule has 0 aliphatic heterocycles. The Hall–Kier alpha value is -0.780. The molecule has 1 atom stereocenters. The van der Waals surface area contributed by atoms with Gasteiger partial charge in [-0.25, -0.2) is 8.78 Å². The van der Waals surface area contributed by atoms with Crippen LogP contribution < -0.4 is 5.32 Å². The van der Waals surface area contributed by atoms with Crippen LogP contribution in [0.5, 0.6) is 0 Å². The summed E-state index contributed by atoms with van der Waals surface area (Å²) in [5, 5.41) is 5.11. The summed E-state index contributed by atoms with van der Waals surface area (Å²) >= 11 is 4.59.